The third-order valence-corrected chi connectivity index (χ3v) is 7.37. The summed E-state index contributed by atoms with van der Waals surface area (Å²) in [6.45, 7) is 1.52. The molecule has 1 saturated carbocycles. The molecule has 1 aliphatic carbocycles. The van der Waals surface area contributed by atoms with E-state index in [2.05, 4.69) is 5.32 Å². The van der Waals surface area contributed by atoms with Crippen LogP contribution in [0.15, 0.2) is 42.6 Å². The zero-order valence-corrected chi connectivity index (χ0v) is 21.6. The minimum Gasteiger partial charge on any atom is -0.493 e. The summed E-state index contributed by atoms with van der Waals surface area (Å²) >= 11 is 5.80. The Bertz CT molecular complexity index is 1400. The lowest BCUT2D eigenvalue weighted by atomic mass is 10.1. The Morgan fingerprint density at radius 2 is 1.97 bits per heavy atom. The number of aromatic nitrogens is 1. The number of ketones is 1. The Balaban J connectivity index is 1.33. The Morgan fingerprint density at radius 1 is 1.18 bits per heavy atom. The number of likely N-dealkylation sites (tertiary alicyclic amines) is 1. The highest BCUT2D eigenvalue weighted by atomic mass is 35.5. The first-order chi connectivity index (χ1) is 18.2. The van der Waals surface area contributed by atoms with Gasteiger partial charge in [-0.25, -0.2) is 8.78 Å². The molecule has 200 valence electrons. The first-order valence-corrected chi connectivity index (χ1v) is 13.0. The molecule has 10 heteroatoms. The number of carbonyl (C=O) groups is 3. The summed E-state index contributed by atoms with van der Waals surface area (Å²) in [4.78, 5) is 39.7. The van der Waals surface area contributed by atoms with E-state index in [0.717, 1.165) is 12.8 Å². The number of nitrogens with one attached hydrogen (secondary N) is 1. The number of fused-ring (bicyclic) bond motifs is 1. The number of hydrogen-bond acceptors (Lipinski definition) is 4. The van der Waals surface area contributed by atoms with E-state index in [-0.39, 0.29) is 42.4 Å². The van der Waals surface area contributed by atoms with Crippen LogP contribution in [0.1, 0.15) is 42.1 Å². The van der Waals surface area contributed by atoms with E-state index in [4.69, 9.17) is 16.3 Å². The van der Waals surface area contributed by atoms with Gasteiger partial charge in [-0.3, -0.25) is 14.4 Å². The number of hydrogen-bond donors (Lipinski definition) is 1. The summed E-state index contributed by atoms with van der Waals surface area (Å²) in [6, 6.07) is 8.82. The fourth-order valence-corrected chi connectivity index (χ4v) is 5.00. The van der Waals surface area contributed by atoms with Crippen molar-refractivity contribution in [3.63, 3.8) is 0 Å². The number of halogens is 3. The average Bonchev–Trinajstić information content (AvgIpc) is 3.54. The van der Waals surface area contributed by atoms with Gasteiger partial charge in [-0.1, -0.05) is 23.7 Å². The Morgan fingerprint density at radius 3 is 2.71 bits per heavy atom. The lowest BCUT2D eigenvalue weighted by Crippen LogP contribution is -2.46. The van der Waals surface area contributed by atoms with Gasteiger partial charge in [0.15, 0.2) is 5.78 Å². The van der Waals surface area contributed by atoms with Crippen LogP contribution in [-0.2, 0) is 22.7 Å². The highest BCUT2D eigenvalue weighted by Gasteiger charge is 2.39. The van der Waals surface area contributed by atoms with E-state index in [1.54, 1.807) is 35.0 Å². The van der Waals surface area contributed by atoms with Gasteiger partial charge in [-0.2, -0.15) is 0 Å². The van der Waals surface area contributed by atoms with E-state index in [1.165, 1.54) is 24.0 Å². The number of rotatable bonds is 9. The molecule has 2 fully saturated rings. The molecule has 0 bridgehead atoms. The second-order valence-electron chi connectivity index (χ2n) is 9.99. The van der Waals surface area contributed by atoms with Crippen molar-refractivity contribution in [3.05, 3.63) is 64.6 Å². The molecule has 1 aromatic heterocycles. The van der Waals surface area contributed by atoms with Gasteiger partial charge in [0.05, 0.1) is 23.7 Å². The predicted molar refractivity (Wildman–Crippen MR) is 138 cm³/mol. The third kappa shape index (κ3) is 5.53. The highest BCUT2D eigenvalue weighted by molar-refractivity contribution is 6.30. The Kier molecular flexibility index (Phi) is 7.38. The molecule has 1 N–H and O–H groups in total. The van der Waals surface area contributed by atoms with Crippen molar-refractivity contribution in [3.8, 4) is 5.75 Å². The molecule has 2 unspecified atom stereocenters. The van der Waals surface area contributed by atoms with Crippen molar-refractivity contribution >= 4 is 40.1 Å². The molecule has 3 aromatic rings. The van der Waals surface area contributed by atoms with Crippen LogP contribution >= 0.6 is 11.6 Å². The number of ether oxygens (including phenoxy) is 1. The smallest absolute Gasteiger partial charge is 0.243 e. The van der Waals surface area contributed by atoms with Crippen LogP contribution in [0.2, 0.25) is 5.02 Å². The van der Waals surface area contributed by atoms with Crippen LogP contribution in [0, 0.1) is 11.7 Å². The minimum atomic E-state index is -1.37. The normalized spacial score (nSPS) is 19.1. The van der Waals surface area contributed by atoms with Gasteiger partial charge in [-0.15, -0.1) is 0 Å². The quantitative estimate of drug-likeness (QED) is 0.397. The Hall–Kier alpha value is -3.46. The largest absolute Gasteiger partial charge is 0.493 e. The molecule has 2 atom stereocenters. The second-order valence-corrected chi connectivity index (χ2v) is 10.4. The summed E-state index contributed by atoms with van der Waals surface area (Å²) in [6.07, 6.45) is 2.38. The Labute approximate surface area is 223 Å². The first kappa shape index (κ1) is 26.2. The van der Waals surface area contributed by atoms with Gasteiger partial charge < -0.3 is 19.5 Å². The summed E-state index contributed by atoms with van der Waals surface area (Å²) < 4.78 is 36.1. The number of amides is 2. The average molecular weight is 544 g/mol. The van der Waals surface area contributed by atoms with Crippen LogP contribution in [-0.4, -0.2) is 52.4 Å². The van der Waals surface area contributed by atoms with Gasteiger partial charge in [0.2, 0.25) is 11.8 Å². The molecule has 0 spiro atoms. The summed E-state index contributed by atoms with van der Waals surface area (Å²) in [5.74, 6) is -0.622. The molecule has 2 aromatic carbocycles. The van der Waals surface area contributed by atoms with Crippen molar-refractivity contribution in [1.82, 2.24) is 14.8 Å². The van der Waals surface area contributed by atoms with E-state index >= 15 is 0 Å². The fourth-order valence-electron chi connectivity index (χ4n) is 4.80. The third-order valence-electron chi connectivity index (χ3n) is 7.08. The first-order valence-electron chi connectivity index (χ1n) is 12.6. The van der Waals surface area contributed by atoms with Gasteiger partial charge in [0.1, 0.15) is 30.3 Å². The molecule has 7 nitrogen and oxygen atoms in total. The minimum absolute atomic E-state index is 0.0665. The molecule has 5 rings (SSSR count). The van der Waals surface area contributed by atoms with Crippen molar-refractivity contribution in [2.75, 3.05) is 13.2 Å². The van der Waals surface area contributed by atoms with Gasteiger partial charge in [0.25, 0.3) is 0 Å². The number of benzene rings is 2. The van der Waals surface area contributed by atoms with E-state index in [9.17, 15) is 23.2 Å². The van der Waals surface area contributed by atoms with Crippen molar-refractivity contribution < 1.29 is 27.9 Å². The zero-order chi connectivity index (χ0) is 27.0. The number of nitrogens with zero attached hydrogens (tertiary/aromatic N) is 2. The summed E-state index contributed by atoms with van der Waals surface area (Å²) in [5.41, 5.74) is 1.29. The van der Waals surface area contributed by atoms with Gasteiger partial charge in [0, 0.05) is 41.7 Å². The number of alkyl halides is 1. The van der Waals surface area contributed by atoms with Gasteiger partial charge in [-0.05, 0) is 43.9 Å². The number of carbonyl (C=O) groups excluding carboxylic acids is 3. The van der Waals surface area contributed by atoms with Crippen LogP contribution in [0.3, 0.4) is 0 Å². The molecular weight excluding hydrogens is 516 g/mol. The van der Waals surface area contributed by atoms with E-state index < -0.39 is 29.8 Å². The second kappa shape index (κ2) is 10.7. The molecule has 38 heavy (non-hydrogen) atoms. The van der Waals surface area contributed by atoms with Crippen LogP contribution in [0.5, 0.6) is 5.75 Å². The van der Waals surface area contributed by atoms with E-state index in [1.807, 2.05) is 0 Å². The maximum absolute atomic E-state index is 14.4. The number of Topliss-reactive ketones (excluding diaryl/α,β-unsaturated/α-hetero) is 1. The lowest BCUT2D eigenvalue weighted by molar-refractivity contribution is -0.139. The van der Waals surface area contributed by atoms with Crippen molar-refractivity contribution in [2.45, 2.75) is 51.5 Å². The van der Waals surface area contributed by atoms with Crippen LogP contribution in [0.25, 0.3) is 10.9 Å². The monoisotopic (exact) mass is 543 g/mol. The van der Waals surface area contributed by atoms with Crippen LogP contribution < -0.4 is 10.1 Å². The SMILES string of the molecule is CC(=O)c1cn(CC(=O)N2CC(F)CC2C(=O)NCc2cccc(Cl)c2F)c2cc(OCC3CC3)ccc12. The maximum Gasteiger partial charge on any atom is 0.243 e. The lowest BCUT2D eigenvalue weighted by Gasteiger charge is -2.24. The maximum atomic E-state index is 14.4. The zero-order valence-electron chi connectivity index (χ0n) is 20.9. The van der Waals surface area contributed by atoms with Gasteiger partial charge >= 0.3 is 0 Å². The molecule has 0 radical (unpaired) electrons. The molecular formula is C28H28ClF2N3O4. The molecule has 2 aliphatic rings. The topological polar surface area (TPSA) is 80.6 Å². The van der Waals surface area contributed by atoms with E-state index in [0.29, 0.717) is 34.7 Å². The molecule has 1 saturated heterocycles. The van der Waals surface area contributed by atoms with Crippen molar-refractivity contribution in [1.29, 1.82) is 0 Å². The molecule has 2 amide bonds. The summed E-state index contributed by atoms with van der Waals surface area (Å²) in [7, 11) is 0. The summed E-state index contributed by atoms with van der Waals surface area (Å²) in [5, 5.41) is 3.22. The predicted octanol–water partition coefficient (Wildman–Crippen LogP) is 4.68. The highest BCUT2D eigenvalue weighted by Crippen LogP contribution is 2.32. The molecule has 2 heterocycles. The van der Waals surface area contributed by atoms with Crippen LogP contribution in [0.4, 0.5) is 8.78 Å². The fraction of sp³-hybridized carbons (Fsp3) is 0.393. The standard InChI is InChI=1S/C28H28ClF2N3O4/c1-16(35)22-13-33(24-10-20(7-8-21(22)24)38-15-17-5-6-17)14-26(36)34-12-19(30)9-25(34)28(37)32-11-18-3-2-4-23(29)27(18)31/h2-4,7-8,10,13,17,19,25H,5-6,9,11-12,14-15H2,1H3,(H,32,37). The van der Waals surface area contributed by atoms with Crippen molar-refractivity contribution in [2.24, 2.45) is 5.92 Å². The molecule has 1 aliphatic heterocycles.